The van der Waals surface area contributed by atoms with Crippen molar-refractivity contribution in [2.24, 2.45) is 0 Å². The normalized spacial score (nSPS) is 17.0. The average Bonchev–Trinajstić information content (AvgIpc) is 3.38. The Hall–Kier alpha value is -3.23. The number of rotatable bonds is 6. The van der Waals surface area contributed by atoms with Crippen LogP contribution in [0.4, 0.5) is 5.69 Å². The third-order valence-corrected chi connectivity index (χ3v) is 5.49. The van der Waals surface area contributed by atoms with Crippen LogP contribution in [0.25, 0.3) is 21.8 Å². The van der Waals surface area contributed by atoms with Crippen LogP contribution in [0.3, 0.4) is 0 Å². The first kappa shape index (κ1) is 18.8. The van der Waals surface area contributed by atoms with Crippen molar-refractivity contribution in [3.8, 4) is 0 Å². The Balaban J connectivity index is 1.52. The second-order valence-electron chi connectivity index (χ2n) is 7.54. The highest BCUT2D eigenvalue weighted by Gasteiger charge is 2.24. The second-order valence-corrected chi connectivity index (χ2v) is 7.54. The van der Waals surface area contributed by atoms with Gasteiger partial charge in [0, 0.05) is 29.6 Å². The predicted molar refractivity (Wildman–Crippen MR) is 112 cm³/mol. The van der Waals surface area contributed by atoms with E-state index in [9.17, 15) is 10.1 Å². The molecule has 1 aliphatic rings. The number of hydrogen-bond acceptors (Lipinski definition) is 5. The van der Waals surface area contributed by atoms with Crippen molar-refractivity contribution >= 4 is 27.5 Å². The van der Waals surface area contributed by atoms with Gasteiger partial charge in [-0.1, -0.05) is 30.3 Å². The average molecular weight is 406 g/mol. The SMILES string of the molecule is O=[N+]([O-])c1cc2c[nH]n(C3CCCCO3)c2c2cc(COCc3ccccc3)nc12. The molecule has 4 aromatic rings. The summed E-state index contributed by atoms with van der Waals surface area (Å²) >= 11 is 0. The fraction of sp³-hybridized carbons (Fsp3) is 0.318. The zero-order valence-electron chi connectivity index (χ0n) is 16.4. The maximum absolute atomic E-state index is 11.7. The minimum absolute atomic E-state index is 0.00234. The van der Waals surface area contributed by atoms with Crippen LogP contribution in [0, 0.1) is 10.1 Å². The smallest absolute Gasteiger partial charge is 0.296 e. The minimum Gasteiger partial charge on any atom is -0.370 e. The summed E-state index contributed by atoms with van der Waals surface area (Å²) in [5.74, 6) is 0. The van der Waals surface area contributed by atoms with Crippen LogP contribution >= 0.6 is 0 Å². The van der Waals surface area contributed by atoms with Crippen molar-refractivity contribution < 1.29 is 14.4 Å². The summed E-state index contributed by atoms with van der Waals surface area (Å²) in [6.07, 6.45) is 4.73. The van der Waals surface area contributed by atoms with Gasteiger partial charge in [-0.25, -0.2) is 4.98 Å². The van der Waals surface area contributed by atoms with Crippen LogP contribution in [-0.4, -0.2) is 26.3 Å². The van der Waals surface area contributed by atoms with Crippen molar-refractivity contribution in [3.63, 3.8) is 0 Å². The van der Waals surface area contributed by atoms with Gasteiger partial charge in [-0.15, -0.1) is 0 Å². The van der Waals surface area contributed by atoms with E-state index in [1.807, 2.05) is 41.1 Å². The molecule has 1 N–H and O–H groups in total. The summed E-state index contributed by atoms with van der Waals surface area (Å²) in [7, 11) is 0. The van der Waals surface area contributed by atoms with Crippen LogP contribution in [0.2, 0.25) is 0 Å². The summed E-state index contributed by atoms with van der Waals surface area (Å²) in [5, 5.41) is 16.4. The highest BCUT2D eigenvalue weighted by molar-refractivity contribution is 6.09. The molecule has 8 nitrogen and oxygen atoms in total. The lowest BCUT2D eigenvalue weighted by atomic mass is 10.1. The maximum atomic E-state index is 11.7. The van der Waals surface area contributed by atoms with Crippen LogP contribution in [0.1, 0.15) is 36.7 Å². The number of non-ortho nitro benzene ring substituents is 1. The number of nitro benzene ring substituents is 1. The minimum atomic E-state index is -0.377. The van der Waals surface area contributed by atoms with E-state index in [2.05, 4.69) is 10.1 Å². The summed E-state index contributed by atoms with van der Waals surface area (Å²) in [6.45, 7) is 1.46. The largest absolute Gasteiger partial charge is 0.370 e. The molecule has 1 aliphatic heterocycles. The van der Waals surface area contributed by atoms with Crippen molar-refractivity contribution in [3.05, 3.63) is 70.0 Å². The molecule has 8 heteroatoms. The molecule has 1 saturated heterocycles. The highest BCUT2D eigenvalue weighted by atomic mass is 16.6. The first-order valence-corrected chi connectivity index (χ1v) is 10.1. The van der Waals surface area contributed by atoms with E-state index < -0.39 is 0 Å². The van der Waals surface area contributed by atoms with E-state index in [0.717, 1.165) is 41.1 Å². The summed E-state index contributed by atoms with van der Waals surface area (Å²) in [4.78, 5) is 15.8. The number of fused-ring (bicyclic) bond motifs is 3. The fourth-order valence-corrected chi connectivity index (χ4v) is 4.08. The van der Waals surface area contributed by atoms with Gasteiger partial charge in [0.2, 0.25) is 0 Å². The molecule has 154 valence electrons. The Bertz CT molecular complexity index is 1190. The van der Waals surface area contributed by atoms with E-state index in [0.29, 0.717) is 24.4 Å². The van der Waals surface area contributed by atoms with Crippen molar-refractivity contribution in [2.75, 3.05) is 6.61 Å². The number of nitrogens with zero attached hydrogens (tertiary/aromatic N) is 3. The van der Waals surface area contributed by atoms with Gasteiger partial charge in [-0.05, 0) is 30.9 Å². The molecule has 30 heavy (non-hydrogen) atoms. The van der Waals surface area contributed by atoms with E-state index in [1.165, 1.54) is 0 Å². The predicted octanol–water partition coefficient (Wildman–Crippen LogP) is 4.84. The van der Waals surface area contributed by atoms with E-state index >= 15 is 0 Å². The second kappa shape index (κ2) is 7.89. The summed E-state index contributed by atoms with van der Waals surface area (Å²) in [6, 6.07) is 13.4. The Morgan fingerprint density at radius 2 is 2.10 bits per heavy atom. The van der Waals surface area contributed by atoms with E-state index in [4.69, 9.17) is 9.47 Å². The zero-order chi connectivity index (χ0) is 20.5. The molecule has 0 saturated carbocycles. The van der Waals surface area contributed by atoms with Gasteiger partial charge in [-0.2, -0.15) is 0 Å². The first-order valence-electron chi connectivity index (χ1n) is 10.1. The lowest BCUT2D eigenvalue weighted by molar-refractivity contribution is -0.383. The van der Waals surface area contributed by atoms with E-state index in [-0.39, 0.29) is 23.4 Å². The fourth-order valence-electron chi connectivity index (χ4n) is 4.08. The highest BCUT2D eigenvalue weighted by Crippen LogP contribution is 2.36. The molecule has 1 fully saturated rings. The van der Waals surface area contributed by atoms with Gasteiger partial charge in [-0.3, -0.25) is 14.8 Å². The molecule has 2 aromatic carbocycles. The molecular formula is C22H22N4O4. The third kappa shape index (κ3) is 3.44. The number of nitrogens with one attached hydrogen (secondary N) is 1. The Morgan fingerprint density at radius 1 is 1.23 bits per heavy atom. The van der Waals surface area contributed by atoms with Crippen molar-refractivity contribution in [1.29, 1.82) is 0 Å². The lowest BCUT2D eigenvalue weighted by Crippen LogP contribution is -2.19. The Kier molecular flexibility index (Phi) is 4.94. The van der Waals surface area contributed by atoms with Crippen LogP contribution in [-0.2, 0) is 22.7 Å². The molecular weight excluding hydrogens is 384 g/mol. The number of aromatic nitrogens is 3. The third-order valence-electron chi connectivity index (χ3n) is 5.49. The molecule has 0 radical (unpaired) electrons. The van der Waals surface area contributed by atoms with Gasteiger partial charge in [0.15, 0.2) is 5.52 Å². The standard InChI is InChI=1S/C22H22N4O4/c27-26(28)19-10-16-12-23-25(20-8-4-5-9-30-20)22(16)18-11-17(24-21(18)19)14-29-13-15-6-2-1-3-7-15/h1-3,6-7,10-12,20,23H,4-5,8-9,13-14H2. The number of H-pyrrole nitrogens is 1. The first-order chi connectivity index (χ1) is 14.7. The number of benzene rings is 2. The number of nitro groups is 1. The zero-order valence-corrected chi connectivity index (χ0v) is 16.4. The maximum Gasteiger partial charge on any atom is 0.296 e. The molecule has 3 heterocycles. The number of ether oxygens (including phenoxy) is 2. The molecule has 0 amide bonds. The molecule has 0 bridgehead atoms. The van der Waals surface area contributed by atoms with Crippen molar-refractivity contribution in [2.45, 2.75) is 38.7 Å². The quantitative estimate of drug-likeness (QED) is 0.365. The monoisotopic (exact) mass is 406 g/mol. The van der Waals surface area contributed by atoms with E-state index in [1.54, 1.807) is 12.3 Å². The molecule has 0 spiro atoms. The number of aromatic amines is 1. The van der Waals surface area contributed by atoms with Gasteiger partial charge < -0.3 is 14.6 Å². The van der Waals surface area contributed by atoms with Gasteiger partial charge in [0.1, 0.15) is 6.23 Å². The Labute approximate surface area is 172 Å². The topological polar surface area (TPSA) is 95.2 Å². The molecule has 1 atom stereocenters. The molecule has 1 unspecified atom stereocenters. The Morgan fingerprint density at radius 3 is 2.87 bits per heavy atom. The molecule has 5 rings (SSSR count). The summed E-state index contributed by atoms with van der Waals surface area (Å²) in [5.41, 5.74) is 3.01. The van der Waals surface area contributed by atoms with Gasteiger partial charge >= 0.3 is 0 Å². The molecule has 2 aromatic heterocycles. The lowest BCUT2D eigenvalue weighted by Gasteiger charge is -2.24. The molecule has 0 aliphatic carbocycles. The van der Waals surface area contributed by atoms with Crippen LogP contribution in [0.15, 0.2) is 48.7 Å². The van der Waals surface area contributed by atoms with Crippen LogP contribution in [0.5, 0.6) is 0 Å². The van der Waals surface area contributed by atoms with Gasteiger partial charge in [0.25, 0.3) is 5.69 Å². The van der Waals surface area contributed by atoms with Crippen molar-refractivity contribution in [1.82, 2.24) is 14.8 Å². The number of hydrogen-bond donors (Lipinski definition) is 1. The summed E-state index contributed by atoms with van der Waals surface area (Å²) < 4.78 is 13.7. The van der Waals surface area contributed by atoms with Gasteiger partial charge in [0.05, 0.1) is 29.3 Å². The van der Waals surface area contributed by atoms with Crippen LogP contribution < -0.4 is 0 Å².